The van der Waals surface area contributed by atoms with Gasteiger partial charge in [0.15, 0.2) is 0 Å². The Labute approximate surface area is 130 Å². The lowest BCUT2D eigenvalue weighted by Gasteiger charge is -2.10. The van der Waals surface area contributed by atoms with Crippen LogP contribution < -0.4 is 10.5 Å². The van der Waals surface area contributed by atoms with E-state index in [1.165, 1.54) is 11.8 Å². The number of benzene rings is 1. The average molecular weight is 330 g/mol. The Bertz CT molecular complexity index is 543. The predicted octanol–water partition coefficient (Wildman–Crippen LogP) is 1.85. The van der Waals surface area contributed by atoms with E-state index in [1.54, 1.807) is 0 Å². The molecule has 1 aromatic rings. The van der Waals surface area contributed by atoms with E-state index in [-0.39, 0.29) is 11.9 Å². The summed E-state index contributed by atoms with van der Waals surface area (Å²) in [4.78, 5) is 0.923. The van der Waals surface area contributed by atoms with Crippen molar-refractivity contribution >= 4 is 27.5 Å². The molecule has 21 heavy (non-hydrogen) atoms. The fourth-order valence-electron chi connectivity index (χ4n) is 2.19. The van der Waals surface area contributed by atoms with E-state index >= 15 is 0 Å². The Morgan fingerprint density at radius 2 is 2.19 bits per heavy atom. The highest BCUT2D eigenvalue weighted by Gasteiger charge is 2.16. The molecule has 0 amide bonds. The molecule has 118 valence electrons. The van der Waals surface area contributed by atoms with Crippen LogP contribution in [0, 0.1) is 0 Å². The Morgan fingerprint density at radius 1 is 1.38 bits per heavy atom. The third kappa shape index (κ3) is 5.86. The normalized spacial score (nSPS) is 19.0. The van der Waals surface area contributed by atoms with Crippen molar-refractivity contribution in [1.82, 2.24) is 4.72 Å². The van der Waals surface area contributed by atoms with Gasteiger partial charge in [0.1, 0.15) is 0 Å². The molecule has 0 saturated carbocycles. The molecule has 0 radical (unpaired) electrons. The Kier molecular flexibility index (Phi) is 6.35. The Morgan fingerprint density at radius 3 is 2.90 bits per heavy atom. The Balaban J connectivity index is 1.67. The van der Waals surface area contributed by atoms with Crippen molar-refractivity contribution in [3.05, 3.63) is 24.3 Å². The number of ether oxygens (including phenoxy) is 1. The van der Waals surface area contributed by atoms with Gasteiger partial charge in [-0.15, -0.1) is 11.8 Å². The zero-order valence-corrected chi connectivity index (χ0v) is 13.6. The van der Waals surface area contributed by atoms with Crippen LogP contribution in [-0.2, 0) is 14.8 Å². The molecule has 1 aliphatic rings. The van der Waals surface area contributed by atoms with Crippen molar-refractivity contribution in [3.8, 4) is 0 Å². The maximum absolute atomic E-state index is 11.9. The lowest BCUT2D eigenvalue weighted by atomic mass is 10.2. The van der Waals surface area contributed by atoms with Gasteiger partial charge in [-0.25, -0.2) is 13.1 Å². The monoisotopic (exact) mass is 330 g/mol. The summed E-state index contributed by atoms with van der Waals surface area (Å²) in [5.74, 6) is 0.584. The van der Waals surface area contributed by atoms with Gasteiger partial charge in [0.25, 0.3) is 0 Å². The van der Waals surface area contributed by atoms with Crippen molar-refractivity contribution in [1.29, 1.82) is 0 Å². The summed E-state index contributed by atoms with van der Waals surface area (Å²) in [5.41, 5.74) is 6.51. The van der Waals surface area contributed by atoms with Gasteiger partial charge in [-0.1, -0.05) is 12.1 Å². The van der Waals surface area contributed by atoms with Crippen molar-refractivity contribution in [2.24, 2.45) is 0 Å². The van der Waals surface area contributed by atoms with Gasteiger partial charge >= 0.3 is 0 Å². The van der Waals surface area contributed by atoms with Gasteiger partial charge in [0, 0.05) is 29.5 Å². The lowest BCUT2D eigenvalue weighted by molar-refractivity contribution is 0.105. The summed E-state index contributed by atoms with van der Waals surface area (Å²) in [6.07, 6.45) is 3.07. The topological polar surface area (TPSA) is 81.4 Å². The molecule has 5 nitrogen and oxygen atoms in total. The quantitative estimate of drug-likeness (QED) is 0.561. The maximum atomic E-state index is 11.9. The first kappa shape index (κ1) is 16.6. The van der Waals surface area contributed by atoms with Crippen LogP contribution in [0.2, 0.25) is 0 Å². The van der Waals surface area contributed by atoms with Crippen molar-refractivity contribution in [2.75, 3.05) is 30.4 Å². The van der Waals surface area contributed by atoms with Crippen LogP contribution in [0.1, 0.15) is 19.3 Å². The second-order valence-electron chi connectivity index (χ2n) is 5.02. The van der Waals surface area contributed by atoms with Crippen LogP contribution in [0.5, 0.6) is 0 Å². The third-order valence-corrected chi connectivity index (χ3v) is 6.08. The number of para-hydroxylation sites is 1. The largest absolute Gasteiger partial charge is 0.398 e. The van der Waals surface area contributed by atoms with E-state index in [0.717, 1.165) is 30.8 Å². The molecule has 0 aromatic heterocycles. The smallest absolute Gasteiger partial charge is 0.212 e. The molecule has 1 heterocycles. The summed E-state index contributed by atoms with van der Waals surface area (Å²) in [6.45, 7) is 1.25. The van der Waals surface area contributed by atoms with E-state index < -0.39 is 10.0 Å². The maximum Gasteiger partial charge on any atom is 0.212 e. The number of nitrogen functional groups attached to an aromatic ring is 1. The molecule has 7 heteroatoms. The summed E-state index contributed by atoms with van der Waals surface area (Å²) < 4.78 is 31.9. The van der Waals surface area contributed by atoms with Crippen LogP contribution >= 0.6 is 11.8 Å². The van der Waals surface area contributed by atoms with Crippen LogP contribution in [0.15, 0.2) is 29.2 Å². The average Bonchev–Trinajstić information content (AvgIpc) is 2.94. The van der Waals surface area contributed by atoms with Crippen molar-refractivity contribution in [3.63, 3.8) is 0 Å². The molecule has 1 aromatic carbocycles. The van der Waals surface area contributed by atoms with Gasteiger partial charge in [-0.2, -0.15) is 0 Å². The van der Waals surface area contributed by atoms with E-state index in [0.29, 0.717) is 18.0 Å². The number of hydrogen-bond donors (Lipinski definition) is 2. The highest BCUT2D eigenvalue weighted by Crippen LogP contribution is 2.24. The van der Waals surface area contributed by atoms with E-state index in [2.05, 4.69) is 4.72 Å². The van der Waals surface area contributed by atoms with Gasteiger partial charge in [-0.3, -0.25) is 0 Å². The number of nitrogens with one attached hydrogen (secondary N) is 1. The standard InChI is InChI=1S/C14H22N2O3S2/c15-13-5-1-2-6-14(13)20-10-11-21(17,18)16-8-7-12-4-3-9-19-12/h1-2,5-6,12,16H,3-4,7-11,15H2. The van der Waals surface area contributed by atoms with E-state index in [9.17, 15) is 8.42 Å². The molecule has 0 bridgehead atoms. The molecule has 0 aliphatic carbocycles. The SMILES string of the molecule is Nc1ccccc1SCCS(=O)(=O)NCCC1CCCO1. The molecule has 3 N–H and O–H groups in total. The second kappa shape index (κ2) is 8.03. The van der Waals surface area contributed by atoms with Gasteiger partial charge in [0.05, 0.1) is 11.9 Å². The molecule has 0 spiro atoms. The summed E-state index contributed by atoms with van der Waals surface area (Å²) in [6, 6.07) is 7.48. The molecular formula is C14H22N2O3S2. The summed E-state index contributed by atoms with van der Waals surface area (Å²) in [5, 5.41) is 0. The van der Waals surface area contributed by atoms with Crippen molar-refractivity contribution in [2.45, 2.75) is 30.3 Å². The van der Waals surface area contributed by atoms with Crippen molar-refractivity contribution < 1.29 is 13.2 Å². The highest BCUT2D eigenvalue weighted by molar-refractivity contribution is 8.00. The minimum absolute atomic E-state index is 0.0948. The summed E-state index contributed by atoms with van der Waals surface area (Å²) in [7, 11) is -3.22. The number of anilines is 1. The number of thioether (sulfide) groups is 1. The fraction of sp³-hybridized carbons (Fsp3) is 0.571. The number of hydrogen-bond acceptors (Lipinski definition) is 5. The molecule has 1 atom stereocenters. The van der Waals surface area contributed by atoms with Gasteiger partial charge in [0.2, 0.25) is 10.0 Å². The Hall–Kier alpha value is -0.760. The molecule has 1 fully saturated rings. The molecular weight excluding hydrogens is 308 g/mol. The zero-order chi connectivity index (χ0) is 15.1. The fourth-order valence-corrected chi connectivity index (χ4v) is 4.61. The minimum Gasteiger partial charge on any atom is -0.398 e. The van der Waals surface area contributed by atoms with Gasteiger partial charge < -0.3 is 10.5 Å². The number of nitrogens with two attached hydrogens (primary N) is 1. The molecule has 1 saturated heterocycles. The van der Waals surface area contributed by atoms with Crippen LogP contribution in [0.3, 0.4) is 0 Å². The molecule has 2 rings (SSSR count). The highest BCUT2D eigenvalue weighted by atomic mass is 32.2. The number of rotatable bonds is 8. The van der Waals surface area contributed by atoms with Gasteiger partial charge in [-0.05, 0) is 31.4 Å². The number of sulfonamides is 1. The minimum atomic E-state index is -3.22. The third-order valence-electron chi connectivity index (χ3n) is 3.34. The van der Waals surface area contributed by atoms with Crippen LogP contribution in [-0.4, -0.2) is 39.2 Å². The first-order chi connectivity index (χ1) is 10.1. The first-order valence-corrected chi connectivity index (χ1v) is 9.77. The second-order valence-corrected chi connectivity index (χ2v) is 8.09. The van der Waals surface area contributed by atoms with Crippen LogP contribution in [0.4, 0.5) is 5.69 Å². The van der Waals surface area contributed by atoms with E-state index in [1.807, 2.05) is 24.3 Å². The molecule has 1 aliphatic heterocycles. The first-order valence-electron chi connectivity index (χ1n) is 7.13. The van der Waals surface area contributed by atoms with Crippen LogP contribution in [0.25, 0.3) is 0 Å². The summed E-state index contributed by atoms with van der Waals surface area (Å²) >= 11 is 1.46. The zero-order valence-electron chi connectivity index (χ0n) is 12.0. The lowest BCUT2D eigenvalue weighted by Crippen LogP contribution is -2.30. The van der Waals surface area contributed by atoms with E-state index in [4.69, 9.17) is 10.5 Å². The predicted molar refractivity (Wildman–Crippen MR) is 87.0 cm³/mol. The molecule has 1 unspecified atom stereocenters.